The van der Waals surface area contributed by atoms with Gasteiger partial charge in [0.1, 0.15) is 0 Å². The van der Waals surface area contributed by atoms with Crippen LogP contribution in [0.5, 0.6) is 0 Å². The standard InChI is InChI=1S/C19H25Cl/c1-14(19(2,3)4)11-18(20)13-15-9-10-16-7-5-6-8-17(16)12-15/h5-10,12,14,18H,11,13H2,1-4H3. The number of hydrogen-bond donors (Lipinski definition) is 0. The minimum atomic E-state index is 0.213. The maximum atomic E-state index is 6.57. The van der Waals surface area contributed by atoms with Gasteiger partial charge >= 0.3 is 0 Å². The van der Waals surface area contributed by atoms with E-state index < -0.39 is 0 Å². The van der Waals surface area contributed by atoms with Crippen LogP contribution in [0.25, 0.3) is 10.8 Å². The number of fused-ring (bicyclic) bond motifs is 1. The van der Waals surface area contributed by atoms with Crippen molar-refractivity contribution in [2.75, 3.05) is 0 Å². The van der Waals surface area contributed by atoms with E-state index in [1.807, 2.05) is 0 Å². The number of rotatable bonds is 4. The van der Waals surface area contributed by atoms with Gasteiger partial charge in [0.05, 0.1) is 0 Å². The first-order valence-corrected chi connectivity index (χ1v) is 7.91. The van der Waals surface area contributed by atoms with Crippen molar-refractivity contribution in [3.05, 3.63) is 48.0 Å². The molecule has 0 heterocycles. The molecule has 0 saturated carbocycles. The van der Waals surface area contributed by atoms with E-state index in [1.165, 1.54) is 16.3 Å². The molecule has 2 aromatic carbocycles. The first-order valence-electron chi connectivity index (χ1n) is 7.48. The van der Waals surface area contributed by atoms with Crippen molar-refractivity contribution >= 4 is 22.4 Å². The second kappa shape index (κ2) is 6.18. The van der Waals surface area contributed by atoms with Crippen molar-refractivity contribution in [2.24, 2.45) is 11.3 Å². The Hall–Kier alpha value is -1.01. The lowest BCUT2D eigenvalue weighted by molar-refractivity contribution is 0.244. The summed E-state index contributed by atoms with van der Waals surface area (Å²) < 4.78 is 0. The lowest BCUT2D eigenvalue weighted by atomic mass is 9.79. The molecule has 2 rings (SSSR count). The van der Waals surface area contributed by atoms with Crippen molar-refractivity contribution in [2.45, 2.75) is 45.9 Å². The van der Waals surface area contributed by atoms with E-state index >= 15 is 0 Å². The van der Waals surface area contributed by atoms with E-state index in [-0.39, 0.29) is 5.38 Å². The molecule has 0 nitrogen and oxygen atoms in total. The Labute approximate surface area is 128 Å². The quantitative estimate of drug-likeness (QED) is 0.600. The van der Waals surface area contributed by atoms with Crippen LogP contribution in [0.4, 0.5) is 0 Å². The van der Waals surface area contributed by atoms with Crippen LogP contribution in [0, 0.1) is 11.3 Å². The third kappa shape index (κ3) is 3.99. The molecule has 0 aromatic heterocycles. The smallest absolute Gasteiger partial charge is 0.0379 e. The van der Waals surface area contributed by atoms with Gasteiger partial charge < -0.3 is 0 Å². The predicted molar refractivity (Wildman–Crippen MR) is 90.5 cm³/mol. The highest BCUT2D eigenvalue weighted by molar-refractivity contribution is 6.20. The minimum Gasteiger partial charge on any atom is -0.123 e. The normalized spacial score (nSPS) is 15.2. The number of alkyl halides is 1. The molecule has 0 radical (unpaired) electrons. The first-order chi connectivity index (χ1) is 9.36. The molecule has 0 aliphatic heterocycles. The van der Waals surface area contributed by atoms with Crippen LogP contribution < -0.4 is 0 Å². The summed E-state index contributed by atoms with van der Waals surface area (Å²) in [6.07, 6.45) is 2.02. The summed E-state index contributed by atoms with van der Waals surface area (Å²) in [5.74, 6) is 0.630. The molecular weight excluding hydrogens is 264 g/mol. The van der Waals surface area contributed by atoms with Crippen molar-refractivity contribution in [3.8, 4) is 0 Å². The minimum absolute atomic E-state index is 0.213. The molecule has 0 aliphatic rings. The van der Waals surface area contributed by atoms with Gasteiger partial charge in [0, 0.05) is 5.38 Å². The molecule has 0 amide bonds. The van der Waals surface area contributed by atoms with E-state index in [1.54, 1.807) is 0 Å². The number of hydrogen-bond acceptors (Lipinski definition) is 0. The van der Waals surface area contributed by atoms with Crippen LogP contribution in [0.15, 0.2) is 42.5 Å². The monoisotopic (exact) mass is 288 g/mol. The van der Waals surface area contributed by atoms with Crippen LogP contribution >= 0.6 is 11.6 Å². The highest BCUT2D eigenvalue weighted by atomic mass is 35.5. The lowest BCUT2D eigenvalue weighted by Crippen LogP contribution is -2.21. The summed E-state index contributed by atoms with van der Waals surface area (Å²) >= 11 is 6.57. The maximum Gasteiger partial charge on any atom is 0.0379 e. The summed E-state index contributed by atoms with van der Waals surface area (Å²) in [5, 5.41) is 2.81. The van der Waals surface area contributed by atoms with Gasteiger partial charge in [0.25, 0.3) is 0 Å². The molecule has 108 valence electrons. The fraction of sp³-hybridized carbons (Fsp3) is 0.474. The zero-order chi connectivity index (χ0) is 14.8. The fourth-order valence-electron chi connectivity index (χ4n) is 2.44. The average Bonchev–Trinajstić information content (AvgIpc) is 2.37. The van der Waals surface area contributed by atoms with Crippen molar-refractivity contribution < 1.29 is 0 Å². The molecule has 1 heteroatoms. The van der Waals surface area contributed by atoms with Gasteiger partial charge in [0.2, 0.25) is 0 Å². The third-order valence-corrected chi connectivity index (χ3v) is 4.69. The Bertz CT molecular complexity index is 565. The first kappa shape index (κ1) is 15.4. The van der Waals surface area contributed by atoms with Crippen molar-refractivity contribution in [1.82, 2.24) is 0 Å². The predicted octanol–water partition coefficient (Wildman–Crippen LogP) is 6.06. The van der Waals surface area contributed by atoms with E-state index in [0.717, 1.165) is 12.8 Å². The molecule has 0 aliphatic carbocycles. The zero-order valence-corrected chi connectivity index (χ0v) is 13.7. The Morgan fingerprint density at radius 2 is 1.65 bits per heavy atom. The average molecular weight is 289 g/mol. The van der Waals surface area contributed by atoms with E-state index in [2.05, 4.69) is 70.2 Å². The van der Waals surface area contributed by atoms with Gasteiger partial charge in [-0.3, -0.25) is 0 Å². The molecule has 2 atom stereocenters. The maximum absolute atomic E-state index is 6.57. The Morgan fingerprint density at radius 1 is 1.00 bits per heavy atom. The third-order valence-electron chi connectivity index (χ3n) is 4.36. The van der Waals surface area contributed by atoms with E-state index in [9.17, 15) is 0 Å². The van der Waals surface area contributed by atoms with Gasteiger partial charge in [-0.05, 0) is 40.5 Å². The number of halogens is 1. The molecule has 2 aromatic rings. The van der Waals surface area contributed by atoms with Crippen LogP contribution in [0.2, 0.25) is 0 Å². The van der Waals surface area contributed by atoms with Crippen LogP contribution in [0.3, 0.4) is 0 Å². The van der Waals surface area contributed by atoms with Crippen molar-refractivity contribution in [1.29, 1.82) is 0 Å². The van der Waals surface area contributed by atoms with Gasteiger partial charge in [-0.1, -0.05) is 70.2 Å². The molecule has 20 heavy (non-hydrogen) atoms. The van der Waals surface area contributed by atoms with Crippen molar-refractivity contribution in [3.63, 3.8) is 0 Å². The number of benzene rings is 2. The molecule has 0 fully saturated rings. The fourth-order valence-corrected chi connectivity index (χ4v) is 2.89. The summed E-state index contributed by atoms with van der Waals surface area (Å²) in [6.45, 7) is 9.17. The highest BCUT2D eigenvalue weighted by Crippen LogP contribution is 2.31. The largest absolute Gasteiger partial charge is 0.123 e. The second-order valence-corrected chi connectivity index (χ2v) is 7.60. The molecule has 0 saturated heterocycles. The van der Waals surface area contributed by atoms with E-state index in [0.29, 0.717) is 11.3 Å². The second-order valence-electron chi connectivity index (χ2n) is 6.99. The molecule has 0 bridgehead atoms. The van der Waals surface area contributed by atoms with Crippen LogP contribution in [-0.2, 0) is 6.42 Å². The Morgan fingerprint density at radius 3 is 2.30 bits per heavy atom. The van der Waals surface area contributed by atoms with Crippen LogP contribution in [0.1, 0.15) is 39.7 Å². The highest BCUT2D eigenvalue weighted by Gasteiger charge is 2.22. The topological polar surface area (TPSA) is 0 Å². The molecule has 0 spiro atoms. The zero-order valence-electron chi connectivity index (χ0n) is 13.0. The van der Waals surface area contributed by atoms with Gasteiger partial charge in [-0.2, -0.15) is 0 Å². The summed E-state index contributed by atoms with van der Waals surface area (Å²) in [7, 11) is 0. The van der Waals surface area contributed by atoms with E-state index in [4.69, 9.17) is 11.6 Å². The van der Waals surface area contributed by atoms with Gasteiger partial charge in [0.15, 0.2) is 0 Å². The molecule has 0 N–H and O–H groups in total. The summed E-state index contributed by atoms with van der Waals surface area (Å²) in [5.41, 5.74) is 1.67. The molecular formula is C19H25Cl. The molecule has 2 unspecified atom stereocenters. The Kier molecular flexibility index (Phi) is 4.75. The summed E-state index contributed by atoms with van der Waals surface area (Å²) in [6, 6.07) is 15.2. The summed E-state index contributed by atoms with van der Waals surface area (Å²) in [4.78, 5) is 0. The lowest BCUT2D eigenvalue weighted by Gasteiger charge is -2.29. The SMILES string of the molecule is CC(CC(Cl)Cc1ccc2ccccc2c1)C(C)(C)C. The van der Waals surface area contributed by atoms with Gasteiger partial charge in [-0.25, -0.2) is 0 Å². The van der Waals surface area contributed by atoms with Gasteiger partial charge in [-0.15, -0.1) is 11.6 Å². The Balaban J connectivity index is 2.04. The van der Waals surface area contributed by atoms with Crippen LogP contribution in [-0.4, -0.2) is 5.38 Å².